The van der Waals surface area contributed by atoms with Crippen LogP contribution in [0.15, 0.2) is 41.6 Å². The first-order chi connectivity index (χ1) is 9.02. The number of carbonyl (C=O) groups is 1. The van der Waals surface area contributed by atoms with E-state index in [9.17, 15) is 4.79 Å². The monoisotopic (exact) mass is 254 g/mol. The highest BCUT2D eigenvalue weighted by Crippen LogP contribution is 2.35. The number of hydrogen-bond acceptors (Lipinski definition) is 3. The quantitative estimate of drug-likeness (QED) is 0.902. The van der Waals surface area contributed by atoms with E-state index in [1.807, 2.05) is 36.4 Å². The average molecular weight is 254 g/mol. The Balaban J connectivity index is 2.17. The van der Waals surface area contributed by atoms with Crippen molar-refractivity contribution in [3.8, 4) is 6.07 Å². The topological polar surface area (TPSA) is 52.9 Å². The van der Waals surface area contributed by atoms with E-state index in [2.05, 4.69) is 19.2 Å². The standard InChI is InChI=1S/C16H18N2O/c1-16(2)8-14(13(10-17)15(19)9-16)18-11-12-6-4-3-5-7-12/h3-7,18H,8-9,11H2,1-2H3. The molecule has 3 heteroatoms. The molecule has 1 aromatic rings. The van der Waals surface area contributed by atoms with Gasteiger partial charge in [-0.05, 0) is 17.4 Å². The van der Waals surface area contributed by atoms with Crippen LogP contribution in [-0.2, 0) is 11.3 Å². The number of Topliss-reactive ketones (excluding diaryl/α,β-unsaturated/α-hetero) is 1. The molecular weight excluding hydrogens is 236 g/mol. The molecule has 1 aliphatic carbocycles. The molecule has 3 nitrogen and oxygen atoms in total. The molecule has 0 radical (unpaired) electrons. The second-order valence-electron chi connectivity index (χ2n) is 5.75. The highest BCUT2D eigenvalue weighted by Gasteiger charge is 2.32. The van der Waals surface area contributed by atoms with Gasteiger partial charge >= 0.3 is 0 Å². The summed E-state index contributed by atoms with van der Waals surface area (Å²) < 4.78 is 0. The van der Waals surface area contributed by atoms with E-state index in [1.165, 1.54) is 0 Å². The van der Waals surface area contributed by atoms with Crippen LogP contribution in [0.3, 0.4) is 0 Å². The molecule has 1 N–H and O–H groups in total. The third-order valence-corrected chi connectivity index (χ3v) is 3.34. The fraction of sp³-hybridized carbons (Fsp3) is 0.375. The smallest absolute Gasteiger partial charge is 0.175 e. The Hall–Kier alpha value is -2.08. The van der Waals surface area contributed by atoms with E-state index in [-0.39, 0.29) is 11.2 Å². The van der Waals surface area contributed by atoms with E-state index in [1.54, 1.807) is 0 Å². The van der Waals surface area contributed by atoms with Crippen molar-refractivity contribution in [3.63, 3.8) is 0 Å². The fourth-order valence-electron chi connectivity index (χ4n) is 2.41. The number of carbonyl (C=O) groups excluding carboxylic acids is 1. The zero-order valence-corrected chi connectivity index (χ0v) is 11.4. The molecular formula is C16H18N2O. The van der Waals surface area contributed by atoms with Gasteiger partial charge in [-0.25, -0.2) is 0 Å². The number of benzene rings is 1. The van der Waals surface area contributed by atoms with E-state index >= 15 is 0 Å². The lowest BCUT2D eigenvalue weighted by Crippen LogP contribution is -2.30. The summed E-state index contributed by atoms with van der Waals surface area (Å²) in [6.45, 7) is 4.76. The van der Waals surface area contributed by atoms with Crippen molar-refractivity contribution in [1.29, 1.82) is 5.26 Å². The molecule has 0 bridgehead atoms. The van der Waals surface area contributed by atoms with Crippen LogP contribution in [-0.4, -0.2) is 5.78 Å². The molecule has 0 saturated heterocycles. The lowest BCUT2D eigenvalue weighted by Gasteiger charge is -2.30. The van der Waals surface area contributed by atoms with Crippen LogP contribution in [0.4, 0.5) is 0 Å². The zero-order valence-electron chi connectivity index (χ0n) is 11.4. The minimum atomic E-state index is -0.0730. The maximum atomic E-state index is 11.9. The van der Waals surface area contributed by atoms with Crippen molar-refractivity contribution in [2.45, 2.75) is 33.2 Å². The maximum Gasteiger partial charge on any atom is 0.175 e. The summed E-state index contributed by atoms with van der Waals surface area (Å²) in [5.74, 6) is -0.0469. The van der Waals surface area contributed by atoms with Gasteiger partial charge in [-0.15, -0.1) is 0 Å². The summed E-state index contributed by atoms with van der Waals surface area (Å²) in [7, 11) is 0. The van der Waals surface area contributed by atoms with Gasteiger partial charge in [0.15, 0.2) is 5.78 Å². The van der Waals surface area contributed by atoms with Crippen LogP contribution in [0.1, 0.15) is 32.3 Å². The summed E-state index contributed by atoms with van der Waals surface area (Å²) in [6, 6.07) is 12.0. The maximum absolute atomic E-state index is 11.9. The summed E-state index contributed by atoms with van der Waals surface area (Å²) in [6.07, 6.45) is 1.20. The Bertz CT molecular complexity index is 550. The van der Waals surface area contributed by atoms with Crippen molar-refractivity contribution in [3.05, 3.63) is 47.2 Å². The van der Waals surface area contributed by atoms with Gasteiger partial charge in [0.25, 0.3) is 0 Å². The zero-order chi connectivity index (χ0) is 13.9. The second-order valence-corrected chi connectivity index (χ2v) is 5.75. The van der Waals surface area contributed by atoms with Crippen LogP contribution in [0.5, 0.6) is 0 Å². The van der Waals surface area contributed by atoms with Crippen molar-refractivity contribution >= 4 is 5.78 Å². The third-order valence-electron chi connectivity index (χ3n) is 3.34. The predicted molar refractivity (Wildman–Crippen MR) is 73.9 cm³/mol. The highest BCUT2D eigenvalue weighted by atomic mass is 16.1. The molecule has 2 rings (SSSR count). The van der Waals surface area contributed by atoms with Gasteiger partial charge in [-0.3, -0.25) is 4.79 Å². The Morgan fingerprint density at radius 1 is 1.26 bits per heavy atom. The molecule has 0 atom stereocenters. The molecule has 1 aromatic carbocycles. The number of nitrogens with zero attached hydrogens (tertiary/aromatic N) is 1. The molecule has 0 aliphatic heterocycles. The number of rotatable bonds is 3. The summed E-state index contributed by atoms with van der Waals surface area (Å²) in [5.41, 5.74) is 2.15. The molecule has 0 fully saturated rings. The van der Waals surface area contributed by atoms with Gasteiger partial charge in [0.05, 0.1) is 0 Å². The van der Waals surface area contributed by atoms with Crippen LogP contribution < -0.4 is 5.32 Å². The van der Waals surface area contributed by atoms with Crippen molar-refractivity contribution in [2.24, 2.45) is 5.41 Å². The Labute approximate surface area is 113 Å². The van der Waals surface area contributed by atoms with Gasteiger partial charge in [0.1, 0.15) is 11.6 Å². The first kappa shape index (κ1) is 13.4. The predicted octanol–water partition coefficient (Wildman–Crippen LogP) is 2.94. The highest BCUT2D eigenvalue weighted by molar-refractivity contribution is 6.01. The molecule has 0 spiro atoms. The van der Waals surface area contributed by atoms with E-state index in [4.69, 9.17) is 5.26 Å². The van der Waals surface area contributed by atoms with Gasteiger partial charge < -0.3 is 5.32 Å². The van der Waals surface area contributed by atoms with Gasteiger partial charge in [0.2, 0.25) is 0 Å². The molecule has 0 aromatic heterocycles. The summed E-state index contributed by atoms with van der Waals surface area (Å²) in [5, 5.41) is 12.4. The third kappa shape index (κ3) is 3.23. The number of nitrogens with one attached hydrogen (secondary N) is 1. The largest absolute Gasteiger partial charge is 0.383 e. The first-order valence-electron chi connectivity index (χ1n) is 6.46. The number of ketones is 1. The van der Waals surface area contributed by atoms with E-state index in [0.29, 0.717) is 18.5 Å². The van der Waals surface area contributed by atoms with Gasteiger partial charge in [0, 0.05) is 18.7 Å². The minimum absolute atomic E-state index is 0.0469. The minimum Gasteiger partial charge on any atom is -0.383 e. The van der Waals surface area contributed by atoms with Crippen molar-refractivity contribution in [1.82, 2.24) is 5.32 Å². The fourth-order valence-corrected chi connectivity index (χ4v) is 2.41. The number of allylic oxidation sites excluding steroid dienone is 2. The molecule has 19 heavy (non-hydrogen) atoms. The molecule has 0 amide bonds. The normalized spacial score (nSPS) is 18.1. The van der Waals surface area contributed by atoms with Crippen LogP contribution in [0.2, 0.25) is 0 Å². The average Bonchev–Trinajstić information content (AvgIpc) is 2.36. The van der Waals surface area contributed by atoms with E-state index in [0.717, 1.165) is 17.7 Å². The number of hydrogen-bond donors (Lipinski definition) is 1. The lowest BCUT2D eigenvalue weighted by atomic mass is 9.76. The van der Waals surface area contributed by atoms with E-state index < -0.39 is 0 Å². The Kier molecular flexibility index (Phi) is 3.71. The molecule has 98 valence electrons. The Morgan fingerprint density at radius 3 is 2.58 bits per heavy atom. The van der Waals surface area contributed by atoms with Crippen molar-refractivity contribution in [2.75, 3.05) is 0 Å². The second kappa shape index (κ2) is 5.27. The molecule has 0 unspecified atom stereocenters. The first-order valence-corrected chi connectivity index (χ1v) is 6.46. The van der Waals surface area contributed by atoms with Crippen LogP contribution in [0, 0.1) is 16.7 Å². The lowest BCUT2D eigenvalue weighted by molar-refractivity contribution is -0.117. The van der Waals surface area contributed by atoms with Crippen molar-refractivity contribution < 1.29 is 4.79 Å². The molecule has 0 heterocycles. The number of nitriles is 1. The van der Waals surface area contributed by atoms with Gasteiger partial charge in [-0.2, -0.15) is 5.26 Å². The molecule has 0 saturated carbocycles. The summed E-state index contributed by atoms with van der Waals surface area (Å²) in [4.78, 5) is 11.9. The SMILES string of the molecule is CC1(C)CC(=O)C(C#N)=C(NCc2ccccc2)C1. The van der Waals surface area contributed by atoms with Crippen LogP contribution in [0.25, 0.3) is 0 Å². The Morgan fingerprint density at radius 2 is 1.95 bits per heavy atom. The molecule has 1 aliphatic rings. The summed E-state index contributed by atoms with van der Waals surface area (Å²) >= 11 is 0. The van der Waals surface area contributed by atoms with Crippen LogP contribution >= 0.6 is 0 Å². The van der Waals surface area contributed by atoms with Gasteiger partial charge in [-0.1, -0.05) is 44.2 Å².